The standard InChI is InChI=1S/C16H18N2O2S/c1-11(7-14(19)15-3-2-5-20-15)17-9-12-8-16-13(18-10-12)4-6-21-16/h2-6,8,10-11,14,17,19H,7,9H2,1H3. The molecule has 0 saturated carbocycles. The van der Waals surface area contributed by atoms with Gasteiger partial charge in [0.25, 0.3) is 0 Å². The molecule has 0 spiro atoms. The molecule has 21 heavy (non-hydrogen) atoms. The molecule has 2 atom stereocenters. The average Bonchev–Trinajstić information content (AvgIpc) is 3.15. The van der Waals surface area contributed by atoms with Crippen molar-refractivity contribution in [1.82, 2.24) is 10.3 Å². The minimum Gasteiger partial charge on any atom is -0.467 e. The van der Waals surface area contributed by atoms with Gasteiger partial charge in [-0.15, -0.1) is 11.3 Å². The van der Waals surface area contributed by atoms with Crippen LogP contribution in [0.4, 0.5) is 0 Å². The van der Waals surface area contributed by atoms with Gasteiger partial charge in [-0.3, -0.25) is 4.98 Å². The SMILES string of the molecule is CC(CC(O)c1ccco1)NCc1cnc2ccsc2c1. The number of aliphatic hydroxyl groups excluding tert-OH is 1. The maximum absolute atomic E-state index is 10.0. The summed E-state index contributed by atoms with van der Waals surface area (Å²) in [6.45, 7) is 2.80. The number of nitrogens with one attached hydrogen (secondary N) is 1. The second-order valence-electron chi connectivity index (χ2n) is 5.20. The highest BCUT2D eigenvalue weighted by Gasteiger charge is 2.14. The highest BCUT2D eigenvalue weighted by Crippen LogP contribution is 2.20. The minimum absolute atomic E-state index is 0.184. The predicted octanol–water partition coefficient (Wildman–Crippen LogP) is 3.49. The lowest BCUT2D eigenvalue weighted by Crippen LogP contribution is -2.27. The van der Waals surface area contributed by atoms with Crippen molar-refractivity contribution in [3.8, 4) is 0 Å². The molecule has 4 nitrogen and oxygen atoms in total. The third kappa shape index (κ3) is 3.50. The van der Waals surface area contributed by atoms with E-state index in [-0.39, 0.29) is 6.04 Å². The van der Waals surface area contributed by atoms with Gasteiger partial charge in [-0.05, 0) is 48.6 Å². The van der Waals surface area contributed by atoms with Gasteiger partial charge in [0.1, 0.15) is 11.9 Å². The molecule has 3 aromatic heterocycles. The van der Waals surface area contributed by atoms with Crippen molar-refractivity contribution in [3.63, 3.8) is 0 Å². The van der Waals surface area contributed by atoms with E-state index in [1.165, 1.54) is 4.70 Å². The number of hydrogen-bond acceptors (Lipinski definition) is 5. The van der Waals surface area contributed by atoms with E-state index in [2.05, 4.69) is 28.7 Å². The molecule has 3 aromatic rings. The second-order valence-corrected chi connectivity index (χ2v) is 6.14. The Morgan fingerprint density at radius 2 is 2.33 bits per heavy atom. The first-order valence-corrected chi connectivity index (χ1v) is 7.87. The zero-order chi connectivity index (χ0) is 14.7. The first kappa shape index (κ1) is 14.3. The lowest BCUT2D eigenvalue weighted by atomic mass is 10.1. The fourth-order valence-electron chi connectivity index (χ4n) is 2.29. The van der Waals surface area contributed by atoms with Gasteiger partial charge in [0, 0.05) is 18.8 Å². The summed E-state index contributed by atoms with van der Waals surface area (Å²) in [5.41, 5.74) is 2.20. The maximum atomic E-state index is 10.0. The summed E-state index contributed by atoms with van der Waals surface area (Å²) in [5, 5.41) is 15.5. The Labute approximate surface area is 127 Å². The molecule has 110 valence electrons. The van der Waals surface area contributed by atoms with Crippen LogP contribution in [0.5, 0.6) is 0 Å². The zero-order valence-corrected chi connectivity index (χ0v) is 12.6. The van der Waals surface area contributed by atoms with Crippen LogP contribution >= 0.6 is 11.3 Å². The summed E-state index contributed by atoms with van der Waals surface area (Å²) in [7, 11) is 0. The molecule has 2 N–H and O–H groups in total. The number of nitrogens with zero attached hydrogens (tertiary/aromatic N) is 1. The van der Waals surface area contributed by atoms with Crippen molar-refractivity contribution >= 4 is 21.6 Å². The topological polar surface area (TPSA) is 58.3 Å². The number of fused-ring (bicyclic) bond motifs is 1. The molecule has 0 amide bonds. The number of aliphatic hydroxyl groups is 1. The molecule has 0 bridgehead atoms. The van der Waals surface area contributed by atoms with Crippen LogP contribution in [0.15, 0.2) is 46.5 Å². The number of pyridine rings is 1. The number of hydrogen-bond donors (Lipinski definition) is 2. The molecule has 2 unspecified atom stereocenters. The van der Waals surface area contributed by atoms with E-state index in [1.807, 2.05) is 12.3 Å². The Bertz CT molecular complexity index is 693. The molecule has 3 rings (SSSR count). The smallest absolute Gasteiger partial charge is 0.132 e. The van der Waals surface area contributed by atoms with Gasteiger partial charge >= 0.3 is 0 Å². The Balaban J connectivity index is 1.54. The third-order valence-electron chi connectivity index (χ3n) is 3.46. The Morgan fingerprint density at radius 3 is 3.14 bits per heavy atom. The van der Waals surface area contributed by atoms with Gasteiger partial charge in [-0.2, -0.15) is 0 Å². The molecule has 0 fully saturated rings. The first-order chi connectivity index (χ1) is 10.2. The zero-order valence-electron chi connectivity index (χ0n) is 11.8. The number of thiophene rings is 1. The predicted molar refractivity (Wildman–Crippen MR) is 84.2 cm³/mol. The summed E-state index contributed by atoms with van der Waals surface area (Å²) >= 11 is 1.70. The normalized spacial score (nSPS) is 14.4. The maximum Gasteiger partial charge on any atom is 0.132 e. The summed E-state index contributed by atoms with van der Waals surface area (Å²) < 4.78 is 6.42. The monoisotopic (exact) mass is 302 g/mol. The Hall–Kier alpha value is -1.69. The third-order valence-corrected chi connectivity index (χ3v) is 4.32. The van der Waals surface area contributed by atoms with Gasteiger partial charge in [-0.1, -0.05) is 0 Å². The summed E-state index contributed by atoms with van der Waals surface area (Å²) in [5.74, 6) is 0.616. The molecular formula is C16H18N2O2S. The van der Waals surface area contributed by atoms with Crippen LogP contribution in [0.1, 0.15) is 30.8 Å². The van der Waals surface area contributed by atoms with Crippen molar-refractivity contribution in [2.24, 2.45) is 0 Å². The molecule has 0 aliphatic carbocycles. The van der Waals surface area contributed by atoms with Crippen molar-refractivity contribution in [3.05, 3.63) is 53.4 Å². The number of aromatic nitrogens is 1. The second kappa shape index (κ2) is 6.39. The molecule has 0 aliphatic heterocycles. The highest BCUT2D eigenvalue weighted by atomic mass is 32.1. The van der Waals surface area contributed by atoms with Crippen LogP contribution in [0.3, 0.4) is 0 Å². The summed E-state index contributed by atoms with van der Waals surface area (Å²) in [4.78, 5) is 4.43. The fourth-order valence-corrected chi connectivity index (χ4v) is 3.10. The molecule has 0 aliphatic rings. The quantitative estimate of drug-likeness (QED) is 0.732. The Kier molecular flexibility index (Phi) is 4.34. The molecule has 0 aromatic carbocycles. The van der Waals surface area contributed by atoms with Gasteiger partial charge < -0.3 is 14.8 Å². The van der Waals surface area contributed by atoms with Crippen LogP contribution in [0, 0.1) is 0 Å². The van der Waals surface area contributed by atoms with Gasteiger partial charge in [0.05, 0.1) is 16.5 Å². The van der Waals surface area contributed by atoms with Crippen molar-refractivity contribution < 1.29 is 9.52 Å². The Morgan fingerprint density at radius 1 is 1.43 bits per heavy atom. The van der Waals surface area contributed by atoms with E-state index in [0.717, 1.165) is 17.6 Å². The molecule has 0 saturated heterocycles. The van der Waals surface area contributed by atoms with Crippen LogP contribution in [0.2, 0.25) is 0 Å². The average molecular weight is 302 g/mol. The van der Waals surface area contributed by atoms with Crippen molar-refractivity contribution in [2.45, 2.75) is 32.0 Å². The van der Waals surface area contributed by atoms with Gasteiger partial charge in [0.15, 0.2) is 0 Å². The van der Waals surface area contributed by atoms with E-state index in [4.69, 9.17) is 4.42 Å². The van der Waals surface area contributed by atoms with Crippen LogP contribution in [-0.4, -0.2) is 16.1 Å². The van der Waals surface area contributed by atoms with Crippen LogP contribution < -0.4 is 5.32 Å². The van der Waals surface area contributed by atoms with Crippen LogP contribution in [-0.2, 0) is 6.54 Å². The van der Waals surface area contributed by atoms with Crippen LogP contribution in [0.25, 0.3) is 10.2 Å². The van der Waals surface area contributed by atoms with Gasteiger partial charge in [0.2, 0.25) is 0 Å². The molecule has 3 heterocycles. The summed E-state index contributed by atoms with van der Waals surface area (Å²) in [6, 6.07) is 7.96. The highest BCUT2D eigenvalue weighted by molar-refractivity contribution is 7.17. The van der Waals surface area contributed by atoms with Crippen molar-refractivity contribution in [2.75, 3.05) is 0 Å². The van der Waals surface area contributed by atoms with E-state index >= 15 is 0 Å². The van der Waals surface area contributed by atoms with Gasteiger partial charge in [-0.25, -0.2) is 0 Å². The van der Waals surface area contributed by atoms with E-state index < -0.39 is 6.10 Å². The minimum atomic E-state index is -0.569. The lowest BCUT2D eigenvalue weighted by molar-refractivity contribution is 0.128. The molecule has 0 radical (unpaired) electrons. The summed E-state index contributed by atoms with van der Waals surface area (Å²) in [6.07, 6.45) is 3.53. The largest absolute Gasteiger partial charge is 0.467 e. The molecular weight excluding hydrogens is 284 g/mol. The number of furan rings is 1. The number of rotatable bonds is 6. The van der Waals surface area contributed by atoms with E-state index in [9.17, 15) is 5.11 Å². The fraction of sp³-hybridized carbons (Fsp3) is 0.312. The first-order valence-electron chi connectivity index (χ1n) is 6.99. The molecule has 5 heteroatoms. The lowest BCUT2D eigenvalue weighted by Gasteiger charge is -2.16. The van der Waals surface area contributed by atoms with Crippen molar-refractivity contribution in [1.29, 1.82) is 0 Å². The van der Waals surface area contributed by atoms with E-state index in [1.54, 1.807) is 29.7 Å². The van der Waals surface area contributed by atoms with E-state index in [0.29, 0.717) is 12.2 Å².